The summed E-state index contributed by atoms with van der Waals surface area (Å²) in [7, 11) is -3.39. The molecule has 0 bridgehead atoms. The van der Waals surface area contributed by atoms with Gasteiger partial charge in [0.25, 0.3) is 0 Å². The Hall–Kier alpha value is -1.11. The van der Waals surface area contributed by atoms with Crippen molar-refractivity contribution in [1.82, 2.24) is 4.72 Å². The number of sulfonamides is 1. The largest absolute Gasteiger partial charge is 0.490 e. The SMILES string of the molecule is CCCNS(=O)(=O)c1ccc(OC2CC(N)C2)cc1. The van der Waals surface area contributed by atoms with E-state index in [1.165, 1.54) is 0 Å². The van der Waals surface area contributed by atoms with E-state index in [2.05, 4.69) is 4.72 Å². The van der Waals surface area contributed by atoms with Crippen LogP contribution in [0.5, 0.6) is 5.75 Å². The first-order valence-electron chi connectivity index (χ1n) is 6.53. The van der Waals surface area contributed by atoms with Gasteiger partial charge in [-0.2, -0.15) is 0 Å². The monoisotopic (exact) mass is 284 g/mol. The van der Waals surface area contributed by atoms with Crippen molar-refractivity contribution in [2.24, 2.45) is 5.73 Å². The molecule has 0 saturated heterocycles. The molecule has 0 aromatic heterocycles. The summed E-state index contributed by atoms with van der Waals surface area (Å²) >= 11 is 0. The standard InChI is InChI=1S/C13H20N2O3S/c1-2-7-15-19(16,17)13-5-3-11(4-6-13)18-12-8-10(14)9-12/h3-6,10,12,15H,2,7-9,14H2,1H3. The summed E-state index contributed by atoms with van der Waals surface area (Å²) in [5.74, 6) is 0.686. The van der Waals surface area contributed by atoms with E-state index in [1.807, 2.05) is 6.92 Å². The first-order valence-corrected chi connectivity index (χ1v) is 8.01. The number of ether oxygens (including phenoxy) is 1. The minimum Gasteiger partial charge on any atom is -0.490 e. The molecule has 1 aliphatic rings. The van der Waals surface area contributed by atoms with Crippen molar-refractivity contribution in [3.8, 4) is 5.75 Å². The average Bonchev–Trinajstić information content (AvgIpc) is 2.35. The lowest BCUT2D eigenvalue weighted by Gasteiger charge is -2.32. The molecule has 1 aliphatic carbocycles. The maximum Gasteiger partial charge on any atom is 0.240 e. The highest BCUT2D eigenvalue weighted by molar-refractivity contribution is 7.89. The Morgan fingerprint density at radius 3 is 2.47 bits per heavy atom. The van der Waals surface area contributed by atoms with Crippen molar-refractivity contribution in [3.63, 3.8) is 0 Å². The summed E-state index contributed by atoms with van der Waals surface area (Å²) < 4.78 is 31.9. The average molecular weight is 284 g/mol. The summed E-state index contributed by atoms with van der Waals surface area (Å²) in [5, 5.41) is 0. The topological polar surface area (TPSA) is 81.4 Å². The van der Waals surface area contributed by atoms with Crippen molar-refractivity contribution in [2.75, 3.05) is 6.54 Å². The van der Waals surface area contributed by atoms with Crippen molar-refractivity contribution < 1.29 is 13.2 Å². The molecule has 106 valence electrons. The summed E-state index contributed by atoms with van der Waals surface area (Å²) in [4.78, 5) is 0.263. The Labute approximate surface area is 114 Å². The van der Waals surface area contributed by atoms with E-state index in [4.69, 9.17) is 10.5 Å². The first kappa shape index (κ1) is 14.3. The molecule has 0 spiro atoms. The van der Waals surface area contributed by atoms with Crippen LogP contribution in [0.3, 0.4) is 0 Å². The van der Waals surface area contributed by atoms with Crippen LogP contribution in [0.2, 0.25) is 0 Å². The molecule has 0 amide bonds. The van der Waals surface area contributed by atoms with Gasteiger partial charge in [-0.1, -0.05) is 6.92 Å². The van der Waals surface area contributed by atoms with E-state index in [0.717, 1.165) is 19.3 Å². The first-order chi connectivity index (χ1) is 9.01. The summed E-state index contributed by atoms with van der Waals surface area (Å²) in [6, 6.07) is 6.73. The summed E-state index contributed by atoms with van der Waals surface area (Å²) in [5.41, 5.74) is 5.68. The molecule has 3 N–H and O–H groups in total. The van der Waals surface area contributed by atoms with E-state index in [-0.39, 0.29) is 17.0 Å². The number of nitrogens with two attached hydrogens (primary N) is 1. The van der Waals surface area contributed by atoms with E-state index >= 15 is 0 Å². The maximum atomic E-state index is 11.9. The third kappa shape index (κ3) is 3.68. The zero-order valence-corrected chi connectivity index (χ0v) is 11.8. The lowest BCUT2D eigenvalue weighted by atomic mass is 9.90. The number of nitrogens with one attached hydrogen (secondary N) is 1. The van der Waals surface area contributed by atoms with E-state index in [1.54, 1.807) is 24.3 Å². The van der Waals surface area contributed by atoms with E-state index in [9.17, 15) is 8.42 Å². The van der Waals surface area contributed by atoms with Crippen LogP contribution >= 0.6 is 0 Å². The van der Waals surface area contributed by atoms with Crippen molar-refractivity contribution in [3.05, 3.63) is 24.3 Å². The van der Waals surface area contributed by atoms with Crippen molar-refractivity contribution in [2.45, 2.75) is 43.2 Å². The third-order valence-corrected chi connectivity index (χ3v) is 4.59. The molecule has 1 saturated carbocycles. The Morgan fingerprint density at radius 1 is 1.32 bits per heavy atom. The molecular weight excluding hydrogens is 264 g/mol. The molecule has 0 unspecified atom stereocenters. The van der Waals surface area contributed by atoms with Crippen LogP contribution in [-0.2, 0) is 10.0 Å². The molecule has 6 heteroatoms. The third-order valence-electron chi connectivity index (χ3n) is 3.11. The van der Waals surface area contributed by atoms with Crippen LogP contribution in [0.1, 0.15) is 26.2 Å². The molecule has 0 radical (unpaired) electrons. The smallest absolute Gasteiger partial charge is 0.240 e. The van der Waals surface area contributed by atoms with Crippen LogP contribution in [0.25, 0.3) is 0 Å². The van der Waals surface area contributed by atoms with Gasteiger partial charge in [-0.3, -0.25) is 0 Å². The second kappa shape index (κ2) is 5.90. The fourth-order valence-electron chi connectivity index (χ4n) is 1.91. The Morgan fingerprint density at radius 2 is 1.95 bits per heavy atom. The van der Waals surface area contributed by atoms with Gasteiger partial charge in [-0.05, 0) is 43.5 Å². The predicted octanol–water partition coefficient (Wildman–Crippen LogP) is 1.24. The van der Waals surface area contributed by atoms with Gasteiger partial charge >= 0.3 is 0 Å². The van der Waals surface area contributed by atoms with Crippen LogP contribution in [-0.4, -0.2) is 27.1 Å². The number of benzene rings is 1. The zero-order chi connectivity index (χ0) is 13.9. The van der Waals surface area contributed by atoms with Gasteiger partial charge in [0.05, 0.1) is 4.90 Å². The number of hydrogen-bond donors (Lipinski definition) is 2. The minimum atomic E-state index is -3.39. The lowest BCUT2D eigenvalue weighted by Crippen LogP contribution is -2.43. The van der Waals surface area contributed by atoms with Gasteiger partial charge in [0.1, 0.15) is 11.9 Å². The molecular formula is C13H20N2O3S. The highest BCUT2D eigenvalue weighted by Crippen LogP contribution is 2.25. The molecule has 0 aliphatic heterocycles. The fourth-order valence-corrected chi connectivity index (χ4v) is 3.05. The van der Waals surface area contributed by atoms with Crippen LogP contribution in [0.4, 0.5) is 0 Å². The van der Waals surface area contributed by atoms with E-state index < -0.39 is 10.0 Å². The molecule has 2 rings (SSSR count). The van der Waals surface area contributed by atoms with Crippen LogP contribution < -0.4 is 15.2 Å². The van der Waals surface area contributed by atoms with Crippen molar-refractivity contribution in [1.29, 1.82) is 0 Å². The summed E-state index contributed by atoms with van der Waals surface area (Å²) in [6.45, 7) is 2.36. The highest BCUT2D eigenvalue weighted by Gasteiger charge is 2.27. The van der Waals surface area contributed by atoms with Gasteiger partial charge in [0.2, 0.25) is 10.0 Å². The Balaban J connectivity index is 1.98. The summed E-state index contributed by atoms with van der Waals surface area (Å²) in [6.07, 6.45) is 2.65. The van der Waals surface area contributed by atoms with Crippen LogP contribution in [0.15, 0.2) is 29.2 Å². The second-order valence-corrected chi connectivity index (χ2v) is 6.61. The Bertz CT molecular complexity index is 507. The van der Waals surface area contributed by atoms with Gasteiger partial charge in [0.15, 0.2) is 0 Å². The molecule has 0 atom stereocenters. The predicted molar refractivity (Wildman–Crippen MR) is 73.5 cm³/mol. The minimum absolute atomic E-state index is 0.163. The molecule has 5 nitrogen and oxygen atoms in total. The fraction of sp³-hybridized carbons (Fsp3) is 0.538. The molecule has 1 aromatic rings. The number of rotatable bonds is 6. The quantitative estimate of drug-likeness (QED) is 0.823. The number of hydrogen-bond acceptors (Lipinski definition) is 4. The van der Waals surface area contributed by atoms with Crippen molar-refractivity contribution >= 4 is 10.0 Å². The Kier molecular flexibility index (Phi) is 4.44. The van der Waals surface area contributed by atoms with Gasteiger partial charge in [0, 0.05) is 12.6 Å². The van der Waals surface area contributed by atoms with Crippen LogP contribution in [0, 0.1) is 0 Å². The normalized spacial score (nSPS) is 22.8. The highest BCUT2D eigenvalue weighted by atomic mass is 32.2. The maximum absolute atomic E-state index is 11.9. The second-order valence-electron chi connectivity index (χ2n) is 4.84. The molecule has 1 aromatic carbocycles. The zero-order valence-electron chi connectivity index (χ0n) is 11.0. The molecule has 0 heterocycles. The van der Waals surface area contributed by atoms with Gasteiger partial charge < -0.3 is 10.5 Å². The lowest BCUT2D eigenvalue weighted by molar-refractivity contribution is 0.101. The molecule has 1 fully saturated rings. The van der Waals surface area contributed by atoms with Gasteiger partial charge in [-0.15, -0.1) is 0 Å². The molecule has 19 heavy (non-hydrogen) atoms. The van der Waals surface area contributed by atoms with E-state index in [0.29, 0.717) is 12.3 Å². The van der Waals surface area contributed by atoms with Gasteiger partial charge in [-0.25, -0.2) is 13.1 Å².